The summed E-state index contributed by atoms with van der Waals surface area (Å²) in [6, 6.07) is 0. The van der Waals surface area contributed by atoms with Crippen molar-refractivity contribution in [3.8, 4) is 0 Å². The third-order valence-electron chi connectivity index (χ3n) is 9.36. The van der Waals surface area contributed by atoms with Gasteiger partial charge in [-0.25, -0.2) is 0 Å². The maximum atomic E-state index is 4.18. The fourth-order valence-corrected chi connectivity index (χ4v) is 9.84. The summed E-state index contributed by atoms with van der Waals surface area (Å²) in [7, 11) is 0. The number of hydrogen-bond donors (Lipinski definition) is 0. The van der Waals surface area contributed by atoms with Crippen LogP contribution in [0.15, 0.2) is 0 Å². The van der Waals surface area contributed by atoms with Gasteiger partial charge < -0.3 is 0 Å². The Hall–Kier alpha value is 0.960. The predicted molar refractivity (Wildman–Crippen MR) is 106 cm³/mol. The monoisotopic (exact) mass is 444 g/mol. The molecule has 23 heavy (non-hydrogen) atoms. The lowest BCUT2D eigenvalue weighted by Gasteiger charge is -2.62. The molecule has 0 spiro atoms. The van der Waals surface area contributed by atoms with E-state index in [0.717, 1.165) is 29.6 Å². The molecule has 4 aliphatic rings. The van der Waals surface area contributed by atoms with Gasteiger partial charge >= 0.3 is 0 Å². The quantitative estimate of drug-likeness (QED) is 0.374. The van der Waals surface area contributed by atoms with Crippen molar-refractivity contribution in [2.24, 2.45) is 40.4 Å². The van der Waals surface area contributed by atoms with Crippen molar-refractivity contribution in [2.45, 2.75) is 88.2 Å². The highest BCUT2D eigenvalue weighted by molar-refractivity contribution is 9.12. The summed E-state index contributed by atoms with van der Waals surface area (Å²) < 4.78 is 0. The number of fused-ring (bicyclic) bond motifs is 5. The van der Waals surface area contributed by atoms with Gasteiger partial charge in [-0.2, -0.15) is 0 Å². The molecule has 3 unspecified atom stereocenters. The zero-order valence-electron chi connectivity index (χ0n) is 15.2. The van der Waals surface area contributed by atoms with Crippen LogP contribution in [0.4, 0.5) is 0 Å². The molecule has 2 heteroatoms. The van der Waals surface area contributed by atoms with Crippen molar-refractivity contribution in [1.82, 2.24) is 0 Å². The van der Waals surface area contributed by atoms with E-state index in [1.54, 1.807) is 0 Å². The third-order valence-corrected chi connectivity index (χ3v) is 12.7. The van der Waals surface area contributed by atoms with Crippen LogP contribution >= 0.6 is 31.9 Å². The lowest BCUT2D eigenvalue weighted by molar-refractivity contribution is -0.105. The predicted octanol–water partition coefficient (Wildman–Crippen LogP) is 7.19. The topological polar surface area (TPSA) is 0 Å². The van der Waals surface area contributed by atoms with Crippen LogP contribution in [0, 0.1) is 40.4 Å². The zero-order chi connectivity index (χ0) is 16.4. The van der Waals surface area contributed by atoms with E-state index in [9.17, 15) is 0 Å². The van der Waals surface area contributed by atoms with E-state index in [1.165, 1.54) is 57.8 Å². The third kappa shape index (κ3) is 2.32. The Labute approximate surface area is 160 Å². The van der Waals surface area contributed by atoms with Gasteiger partial charge in [0.25, 0.3) is 0 Å². The molecule has 0 aliphatic heterocycles. The largest absolute Gasteiger partial charge is 0.0878 e. The van der Waals surface area contributed by atoms with Crippen LogP contribution in [0.2, 0.25) is 0 Å². The Bertz CT molecular complexity index is 459. The van der Waals surface area contributed by atoms with Gasteiger partial charge in [-0.15, -0.1) is 0 Å². The van der Waals surface area contributed by atoms with Crippen LogP contribution in [0.1, 0.15) is 78.6 Å². The molecule has 4 aliphatic carbocycles. The number of alkyl halides is 2. The van der Waals surface area contributed by atoms with E-state index >= 15 is 0 Å². The standard InChI is InChI=1S/C21H34Br2/c1-4-13-6-9-16-15-8-5-14-7-10-18(22)19(23)21(14,3)17(15)11-12-20(13,16)2/h13-19H,4-12H2,1-3H3/t13-,14?,15-,16-,17-,18?,19?,20+,21-/m0/s1. The first-order valence-corrected chi connectivity index (χ1v) is 12.0. The smallest absolute Gasteiger partial charge is 0.0330 e. The molecule has 132 valence electrons. The van der Waals surface area contributed by atoms with Crippen LogP contribution in [0.5, 0.6) is 0 Å². The van der Waals surface area contributed by atoms with Gasteiger partial charge in [0.2, 0.25) is 0 Å². The molecular formula is C21H34Br2. The van der Waals surface area contributed by atoms with Gasteiger partial charge in [0.1, 0.15) is 0 Å². The average molecular weight is 446 g/mol. The second kappa shape index (κ2) is 6.00. The summed E-state index contributed by atoms with van der Waals surface area (Å²) in [5.74, 6) is 4.99. The minimum absolute atomic E-state index is 0.529. The molecule has 9 atom stereocenters. The van der Waals surface area contributed by atoms with Gasteiger partial charge in [0.05, 0.1) is 0 Å². The molecule has 0 saturated heterocycles. The number of halogens is 2. The summed E-state index contributed by atoms with van der Waals surface area (Å²) in [6.07, 6.45) is 13.3. The minimum Gasteiger partial charge on any atom is -0.0878 e. The van der Waals surface area contributed by atoms with Crippen LogP contribution in [0.3, 0.4) is 0 Å². The Morgan fingerprint density at radius 1 is 0.870 bits per heavy atom. The molecule has 0 bridgehead atoms. The van der Waals surface area contributed by atoms with Gasteiger partial charge in [-0.05, 0) is 91.8 Å². The Balaban J connectivity index is 1.66. The zero-order valence-corrected chi connectivity index (χ0v) is 18.3. The highest BCUT2D eigenvalue weighted by atomic mass is 79.9. The Morgan fingerprint density at radius 2 is 1.61 bits per heavy atom. The van der Waals surface area contributed by atoms with E-state index in [2.05, 4.69) is 52.6 Å². The fraction of sp³-hybridized carbons (Fsp3) is 1.00. The van der Waals surface area contributed by atoms with Crippen LogP contribution in [0.25, 0.3) is 0 Å². The Kier molecular flexibility index (Phi) is 4.53. The summed E-state index contributed by atoms with van der Waals surface area (Å²) in [4.78, 5) is 1.36. The van der Waals surface area contributed by atoms with Crippen LogP contribution in [-0.4, -0.2) is 9.65 Å². The first-order valence-electron chi connectivity index (χ1n) is 10.2. The summed E-state index contributed by atoms with van der Waals surface area (Å²) in [6.45, 7) is 7.77. The second-order valence-corrected chi connectivity index (χ2v) is 11.9. The lowest BCUT2D eigenvalue weighted by Crippen LogP contribution is -2.58. The van der Waals surface area contributed by atoms with E-state index in [4.69, 9.17) is 0 Å². The summed E-state index contributed by atoms with van der Waals surface area (Å²) >= 11 is 8.19. The number of rotatable bonds is 1. The van der Waals surface area contributed by atoms with Crippen LogP contribution < -0.4 is 0 Å². The van der Waals surface area contributed by atoms with Crippen molar-refractivity contribution in [3.63, 3.8) is 0 Å². The van der Waals surface area contributed by atoms with Crippen molar-refractivity contribution in [2.75, 3.05) is 0 Å². The molecule has 4 saturated carbocycles. The summed E-state index contributed by atoms with van der Waals surface area (Å²) in [5.41, 5.74) is 1.20. The van der Waals surface area contributed by atoms with E-state index in [1.807, 2.05) is 0 Å². The van der Waals surface area contributed by atoms with Gasteiger partial charge in [-0.1, -0.05) is 59.1 Å². The molecule has 4 rings (SSSR count). The maximum absolute atomic E-state index is 4.18. The molecule has 4 fully saturated rings. The molecular weight excluding hydrogens is 412 g/mol. The maximum Gasteiger partial charge on any atom is 0.0330 e. The molecule has 0 N–H and O–H groups in total. The van der Waals surface area contributed by atoms with E-state index in [0.29, 0.717) is 20.5 Å². The van der Waals surface area contributed by atoms with Crippen molar-refractivity contribution in [3.05, 3.63) is 0 Å². The van der Waals surface area contributed by atoms with Crippen molar-refractivity contribution in [1.29, 1.82) is 0 Å². The molecule has 0 aromatic carbocycles. The second-order valence-electron chi connectivity index (χ2n) is 9.74. The highest BCUT2D eigenvalue weighted by Crippen LogP contribution is 2.68. The van der Waals surface area contributed by atoms with Gasteiger partial charge in [0, 0.05) is 9.65 Å². The fourth-order valence-electron chi connectivity index (χ4n) is 8.03. The van der Waals surface area contributed by atoms with Crippen molar-refractivity contribution >= 4 is 31.9 Å². The van der Waals surface area contributed by atoms with Gasteiger partial charge in [-0.3, -0.25) is 0 Å². The molecule has 0 aromatic heterocycles. The molecule has 0 amide bonds. The molecule has 0 heterocycles. The normalized spacial score (nSPS) is 59.1. The van der Waals surface area contributed by atoms with E-state index in [-0.39, 0.29) is 0 Å². The average Bonchev–Trinajstić information content (AvgIpc) is 2.88. The van der Waals surface area contributed by atoms with E-state index < -0.39 is 0 Å². The molecule has 0 nitrogen and oxygen atoms in total. The summed E-state index contributed by atoms with van der Waals surface area (Å²) in [5, 5.41) is 0. The Morgan fingerprint density at radius 3 is 2.35 bits per heavy atom. The van der Waals surface area contributed by atoms with Gasteiger partial charge in [0.15, 0.2) is 0 Å². The first kappa shape index (κ1) is 17.4. The molecule has 0 aromatic rings. The highest BCUT2D eigenvalue weighted by Gasteiger charge is 2.61. The van der Waals surface area contributed by atoms with Crippen LogP contribution in [-0.2, 0) is 0 Å². The molecule has 0 radical (unpaired) electrons. The first-order chi connectivity index (χ1) is 10.9. The van der Waals surface area contributed by atoms with Crippen molar-refractivity contribution < 1.29 is 0 Å². The number of hydrogen-bond acceptors (Lipinski definition) is 0. The minimum atomic E-state index is 0.529. The SMILES string of the molecule is CC[C@H]1CC[C@H]2[C@@H]3CCC4CCC(Br)C(Br)[C@]4(C)[C@H]3CC[C@]12C. The lowest BCUT2D eigenvalue weighted by atomic mass is 9.45.